The molecule has 1 aromatic heterocycles. The van der Waals surface area contributed by atoms with Crippen LogP contribution in [0.1, 0.15) is 32.9 Å². The molecule has 9 heteroatoms. The number of anilines is 1. The van der Waals surface area contributed by atoms with Gasteiger partial charge in [0.25, 0.3) is 5.91 Å². The highest BCUT2D eigenvalue weighted by molar-refractivity contribution is 7.18. The van der Waals surface area contributed by atoms with Crippen LogP contribution in [-0.4, -0.2) is 37.3 Å². The number of Topliss-reactive ketones (excluding diaryl/α,β-unsaturated/α-hetero) is 1. The Kier molecular flexibility index (Phi) is 7.51. The quantitative estimate of drug-likeness (QED) is 0.530. The number of halogens is 1. The second kappa shape index (κ2) is 9.84. The van der Waals surface area contributed by atoms with Gasteiger partial charge in [-0.3, -0.25) is 14.4 Å². The first-order valence-corrected chi connectivity index (χ1v) is 9.01. The van der Waals surface area contributed by atoms with Gasteiger partial charge in [-0.2, -0.15) is 0 Å². The van der Waals surface area contributed by atoms with Gasteiger partial charge in [-0.15, -0.1) is 11.3 Å². The van der Waals surface area contributed by atoms with E-state index in [4.69, 9.17) is 16.3 Å². The van der Waals surface area contributed by atoms with Crippen LogP contribution in [0.5, 0.6) is 0 Å². The van der Waals surface area contributed by atoms with Gasteiger partial charge in [0.2, 0.25) is 0 Å². The second-order valence-electron chi connectivity index (χ2n) is 5.27. The SMILES string of the molecule is COC(=O)c1ccccc1NC(=O)COC(=O)CCC(=O)c1ccc(Cl)s1. The van der Waals surface area contributed by atoms with Gasteiger partial charge in [-0.25, -0.2) is 4.79 Å². The Morgan fingerprint density at radius 2 is 1.81 bits per heavy atom. The van der Waals surface area contributed by atoms with Gasteiger partial charge in [-0.05, 0) is 24.3 Å². The highest BCUT2D eigenvalue weighted by Gasteiger charge is 2.16. The highest BCUT2D eigenvalue weighted by atomic mass is 35.5. The van der Waals surface area contributed by atoms with E-state index < -0.39 is 24.5 Å². The van der Waals surface area contributed by atoms with Crippen molar-refractivity contribution in [3.63, 3.8) is 0 Å². The van der Waals surface area contributed by atoms with Crippen LogP contribution >= 0.6 is 22.9 Å². The van der Waals surface area contributed by atoms with Gasteiger partial charge >= 0.3 is 11.9 Å². The minimum atomic E-state index is -0.678. The largest absolute Gasteiger partial charge is 0.465 e. The summed E-state index contributed by atoms with van der Waals surface area (Å²) in [5, 5.41) is 2.48. The van der Waals surface area contributed by atoms with Gasteiger partial charge in [0.05, 0.1) is 34.0 Å². The Bertz CT molecular complexity index is 863. The Hall–Kier alpha value is -2.71. The molecule has 0 unspecified atom stereocenters. The van der Waals surface area contributed by atoms with Crippen molar-refractivity contribution >= 4 is 52.3 Å². The molecule has 27 heavy (non-hydrogen) atoms. The molecule has 2 rings (SSSR count). The smallest absolute Gasteiger partial charge is 0.339 e. The maximum Gasteiger partial charge on any atom is 0.339 e. The van der Waals surface area contributed by atoms with Crippen molar-refractivity contribution in [1.29, 1.82) is 0 Å². The molecule has 1 N–H and O–H groups in total. The number of carbonyl (C=O) groups is 4. The van der Waals surface area contributed by atoms with E-state index in [1.54, 1.807) is 24.3 Å². The summed E-state index contributed by atoms with van der Waals surface area (Å²) in [5.41, 5.74) is 0.426. The summed E-state index contributed by atoms with van der Waals surface area (Å²) in [7, 11) is 1.23. The molecule has 1 aromatic carbocycles. The van der Waals surface area contributed by atoms with E-state index in [2.05, 4.69) is 10.1 Å². The molecular formula is C18H16ClNO6S. The predicted octanol–water partition coefficient (Wildman–Crippen LogP) is 3.33. The molecular weight excluding hydrogens is 394 g/mol. The van der Waals surface area contributed by atoms with Gasteiger partial charge in [0, 0.05) is 6.42 Å². The third-order valence-electron chi connectivity index (χ3n) is 3.37. The van der Waals surface area contributed by atoms with E-state index in [0.29, 0.717) is 9.21 Å². The fourth-order valence-corrected chi connectivity index (χ4v) is 3.10. The van der Waals surface area contributed by atoms with Gasteiger partial charge in [0.1, 0.15) is 0 Å². The number of amides is 1. The molecule has 0 fully saturated rings. The lowest BCUT2D eigenvalue weighted by Gasteiger charge is -2.10. The maximum atomic E-state index is 11.9. The number of carbonyl (C=O) groups excluding carboxylic acids is 4. The first kappa shape index (κ1) is 20.6. The number of nitrogens with one attached hydrogen (secondary N) is 1. The average Bonchev–Trinajstić information content (AvgIpc) is 3.10. The first-order chi connectivity index (χ1) is 12.9. The zero-order chi connectivity index (χ0) is 19.8. The van der Waals surface area contributed by atoms with Crippen LogP contribution in [0.2, 0.25) is 4.34 Å². The number of hydrogen-bond donors (Lipinski definition) is 1. The second-order valence-corrected chi connectivity index (χ2v) is 6.99. The van der Waals surface area contributed by atoms with Crippen molar-refractivity contribution in [3.8, 4) is 0 Å². The van der Waals surface area contributed by atoms with E-state index in [1.165, 1.54) is 19.2 Å². The summed E-state index contributed by atoms with van der Waals surface area (Å²) in [6.07, 6.45) is -0.192. The summed E-state index contributed by atoms with van der Waals surface area (Å²) in [6, 6.07) is 9.48. The van der Waals surface area contributed by atoms with E-state index >= 15 is 0 Å². The zero-order valence-electron chi connectivity index (χ0n) is 14.3. The minimum absolute atomic E-state index is 0.0392. The van der Waals surface area contributed by atoms with Crippen LogP contribution in [0, 0.1) is 0 Å². The number of rotatable bonds is 8. The molecule has 0 aliphatic heterocycles. The molecule has 0 aliphatic carbocycles. The highest BCUT2D eigenvalue weighted by Crippen LogP contribution is 2.23. The number of esters is 2. The normalized spacial score (nSPS) is 10.1. The minimum Gasteiger partial charge on any atom is -0.465 e. The van der Waals surface area contributed by atoms with Crippen molar-refractivity contribution in [2.75, 3.05) is 19.0 Å². The third-order valence-corrected chi connectivity index (χ3v) is 4.65. The molecule has 2 aromatic rings. The van der Waals surface area contributed by atoms with E-state index in [9.17, 15) is 19.2 Å². The van der Waals surface area contributed by atoms with Crippen molar-refractivity contribution in [3.05, 3.63) is 51.2 Å². The summed E-state index contributed by atoms with van der Waals surface area (Å²) in [5.74, 6) is -2.12. The molecule has 0 atom stereocenters. The number of para-hydroxylation sites is 1. The lowest BCUT2D eigenvalue weighted by Crippen LogP contribution is -2.22. The molecule has 0 aliphatic rings. The topological polar surface area (TPSA) is 98.8 Å². The fourth-order valence-electron chi connectivity index (χ4n) is 2.09. The molecule has 142 valence electrons. The van der Waals surface area contributed by atoms with E-state index in [0.717, 1.165) is 11.3 Å². The molecule has 0 radical (unpaired) electrons. The maximum absolute atomic E-state index is 11.9. The van der Waals surface area contributed by atoms with Crippen molar-refractivity contribution in [2.24, 2.45) is 0 Å². The molecule has 0 saturated carbocycles. The standard InChI is InChI=1S/C18H16ClNO6S/c1-25-18(24)11-4-2-3-5-12(11)20-16(22)10-26-17(23)9-6-13(21)14-7-8-15(19)27-14/h2-5,7-8H,6,9-10H2,1H3,(H,20,22). The van der Waals surface area contributed by atoms with Crippen molar-refractivity contribution in [2.45, 2.75) is 12.8 Å². The van der Waals surface area contributed by atoms with Crippen molar-refractivity contribution < 1.29 is 28.7 Å². The average molecular weight is 410 g/mol. The Morgan fingerprint density at radius 1 is 1.07 bits per heavy atom. The number of thiophene rings is 1. The Labute approximate surface area is 164 Å². The van der Waals surface area contributed by atoms with Gasteiger partial charge in [0.15, 0.2) is 12.4 Å². The van der Waals surface area contributed by atoms with Crippen LogP contribution in [0.25, 0.3) is 0 Å². The number of hydrogen-bond acceptors (Lipinski definition) is 7. The molecule has 1 heterocycles. The third kappa shape index (κ3) is 6.19. The predicted molar refractivity (Wildman–Crippen MR) is 100 cm³/mol. The van der Waals surface area contributed by atoms with E-state index in [1.807, 2.05) is 0 Å². The van der Waals surface area contributed by atoms with Crippen LogP contribution in [-0.2, 0) is 19.1 Å². The lowest BCUT2D eigenvalue weighted by atomic mass is 10.2. The van der Waals surface area contributed by atoms with Crippen LogP contribution in [0.3, 0.4) is 0 Å². The molecule has 7 nitrogen and oxygen atoms in total. The summed E-state index contributed by atoms with van der Waals surface area (Å²) < 4.78 is 9.98. The molecule has 0 saturated heterocycles. The molecule has 0 spiro atoms. The lowest BCUT2D eigenvalue weighted by molar-refractivity contribution is -0.147. The van der Waals surface area contributed by atoms with Crippen LogP contribution in [0.4, 0.5) is 5.69 Å². The monoisotopic (exact) mass is 409 g/mol. The molecule has 1 amide bonds. The Morgan fingerprint density at radius 3 is 2.48 bits per heavy atom. The van der Waals surface area contributed by atoms with E-state index in [-0.39, 0.29) is 29.9 Å². The fraction of sp³-hybridized carbons (Fsp3) is 0.222. The number of ether oxygens (including phenoxy) is 2. The van der Waals surface area contributed by atoms with Gasteiger partial charge in [-0.1, -0.05) is 23.7 Å². The number of methoxy groups -OCH3 is 1. The zero-order valence-corrected chi connectivity index (χ0v) is 15.9. The number of benzene rings is 1. The summed E-state index contributed by atoms with van der Waals surface area (Å²) >= 11 is 6.89. The number of ketones is 1. The Balaban J connectivity index is 1.79. The van der Waals surface area contributed by atoms with Crippen molar-refractivity contribution in [1.82, 2.24) is 0 Å². The summed E-state index contributed by atoms with van der Waals surface area (Å²) in [6.45, 7) is -0.534. The summed E-state index contributed by atoms with van der Waals surface area (Å²) in [4.78, 5) is 47.6. The first-order valence-electron chi connectivity index (χ1n) is 7.82. The molecule has 0 bridgehead atoms. The van der Waals surface area contributed by atoms with Crippen LogP contribution in [0.15, 0.2) is 36.4 Å². The van der Waals surface area contributed by atoms with Gasteiger partial charge < -0.3 is 14.8 Å². The van der Waals surface area contributed by atoms with Crippen LogP contribution < -0.4 is 5.32 Å².